The number of pyridine rings is 1. The summed E-state index contributed by atoms with van der Waals surface area (Å²) in [6.07, 6.45) is 4.63. The lowest BCUT2D eigenvalue weighted by Crippen LogP contribution is -2.41. The van der Waals surface area contributed by atoms with E-state index in [4.69, 9.17) is 4.42 Å². The summed E-state index contributed by atoms with van der Waals surface area (Å²) < 4.78 is 5.55. The van der Waals surface area contributed by atoms with Crippen molar-refractivity contribution in [3.05, 3.63) is 62.1 Å². The average Bonchev–Trinajstić information content (AvgIpc) is 3.20. The largest absolute Gasteiger partial charge is 0.504 e. The molecule has 0 saturated heterocycles. The summed E-state index contributed by atoms with van der Waals surface area (Å²) in [7, 11) is 3.08. The normalized spacial score (nSPS) is 17.2. The Labute approximate surface area is 178 Å². The number of amides is 1. The Hall–Kier alpha value is -3.62. The van der Waals surface area contributed by atoms with Crippen LogP contribution in [0.1, 0.15) is 48.1 Å². The summed E-state index contributed by atoms with van der Waals surface area (Å²) in [5, 5.41) is 16.5. The molecule has 4 rings (SSSR count). The Balaban J connectivity index is 1.67. The van der Waals surface area contributed by atoms with Gasteiger partial charge in [-0.05, 0) is 24.0 Å². The number of hydrogen-bond donors (Lipinski definition) is 3. The summed E-state index contributed by atoms with van der Waals surface area (Å²) in [5.41, 5.74) is -0.400. The second kappa shape index (κ2) is 7.26. The SMILES string of the molecule is CN(C)C(=O)c1nccc(Nc2c(NC3c4ccoc4CCC3(C)C)c(=O)c2=O)c1O. The van der Waals surface area contributed by atoms with E-state index in [-0.39, 0.29) is 34.2 Å². The molecular weight excluding hydrogens is 400 g/mol. The van der Waals surface area contributed by atoms with E-state index in [1.54, 1.807) is 6.26 Å². The number of hydrogen-bond acceptors (Lipinski definition) is 8. The quantitative estimate of drug-likeness (QED) is 0.534. The van der Waals surface area contributed by atoms with Crippen LogP contribution in [0.4, 0.5) is 17.1 Å². The Morgan fingerprint density at radius 2 is 1.94 bits per heavy atom. The minimum absolute atomic E-state index is 0.0428. The van der Waals surface area contributed by atoms with Crippen molar-refractivity contribution in [2.75, 3.05) is 24.7 Å². The van der Waals surface area contributed by atoms with E-state index in [0.29, 0.717) is 0 Å². The van der Waals surface area contributed by atoms with Gasteiger partial charge in [0.2, 0.25) is 0 Å². The van der Waals surface area contributed by atoms with Gasteiger partial charge < -0.3 is 25.1 Å². The molecule has 0 spiro atoms. The zero-order valence-corrected chi connectivity index (χ0v) is 17.8. The maximum absolute atomic E-state index is 12.4. The zero-order chi connectivity index (χ0) is 22.5. The van der Waals surface area contributed by atoms with Gasteiger partial charge in [0.1, 0.15) is 17.1 Å². The minimum atomic E-state index is -0.694. The van der Waals surface area contributed by atoms with Crippen molar-refractivity contribution in [1.29, 1.82) is 0 Å². The monoisotopic (exact) mass is 424 g/mol. The van der Waals surface area contributed by atoms with Gasteiger partial charge in [-0.3, -0.25) is 14.4 Å². The fourth-order valence-electron chi connectivity index (χ4n) is 3.94. The molecule has 9 heteroatoms. The molecule has 2 heterocycles. The number of carbonyl (C=O) groups is 1. The highest BCUT2D eigenvalue weighted by atomic mass is 16.3. The second-order valence-electron chi connectivity index (χ2n) is 8.65. The fourth-order valence-corrected chi connectivity index (χ4v) is 3.94. The second-order valence-corrected chi connectivity index (χ2v) is 8.65. The van der Waals surface area contributed by atoms with Gasteiger partial charge in [-0.15, -0.1) is 0 Å². The van der Waals surface area contributed by atoms with Gasteiger partial charge >= 0.3 is 0 Å². The molecule has 2 aromatic heterocycles. The van der Waals surface area contributed by atoms with Crippen LogP contribution in [-0.4, -0.2) is 35.0 Å². The lowest BCUT2D eigenvalue weighted by molar-refractivity contribution is 0.0819. The van der Waals surface area contributed by atoms with E-state index >= 15 is 0 Å². The molecule has 3 aromatic rings. The molecule has 9 nitrogen and oxygen atoms in total. The van der Waals surface area contributed by atoms with Gasteiger partial charge in [-0.25, -0.2) is 4.98 Å². The van der Waals surface area contributed by atoms with Crippen molar-refractivity contribution in [3.63, 3.8) is 0 Å². The summed E-state index contributed by atoms with van der Waals surface area (Å²) in [6.45, 7) is 4.18. The van der Waals surface area contributed by atoms with Crippen LogP contribution in [-0.2, 0) is 6.42 Å². The van der Waals surface area contributed by atoms with Crippen LogP contribution in [0.15, 0.2) is 38.6 Å². The molecule has 0 saturated carbocycles. The number of nitrogens with one attached hydrogen (secondary N) is 2. The zero-order valence-electron chi connectivity index (χ0n) is 17.8. The highest BCUT2D eigenvalue weighted by molar-refractivity contribution is 5.97. The molecule has 1 amide bonds. The lowest BCUT2D eigenvalue weighted by atomic mass is 9.72. The molecule has 1 aromatic carbocycles. The molecule has 1 atom stereocenters. The molecule has 3 N–H and O–H groups in total. The van der Waals surface area contributed by atoms with Crippen LogP contribution in [0, 0.1) is 5.41 Å². The number of rotatable bonds is 5. The Kier molecular flexibility index (Phi) is 4.83. The molecule has 0 fully saturated rings. The van der Waals surface area contributed by atoms with Crippen molar-refractivity contribution in [1.82, 2.24) is 9.88 Å². The van der Waals surface area contributed by atoms with E-state index in [9.17, 15) is 19.5 Å². The van der Waals surface area contributed by atoms with Crippen molar-refractivity contribution in [2.45, 2.75) is 32.7 Å². The van der Waals surface area contributed by atoms with E-state index in [2.05, 4.69) is 29.5 Å². The fraction of sp³-hybridized carbons (Fsp3) is 0.364. The number of furan rings is 1. The smallest absolute Gasteiger partial charge is 0.275 e. The standard InChI is InChI=1S/C22H24N4O5/c1-22(2)8-5-13-11(7-10-31-13)20(22)25-15-14(18(28)19(15)29)24-12-6-9-23-16(17(12)27)21(30)26(3)4/h6-7,9-10,20,25,27H,5,8H2,1-4H3,(H,23,24). The van der Waals surface area contributed by atoms with Gasteiger partial charge in [-0.2, -0.15) is 0 Å². The van der Waals surface area contributed by atoms with E-state index in [1.807, 2.05) is 6.07 Å². The number of fused-ring (bicyclic) bond motifs is 1. The molecule has 31 heavy (non-hydrogen) atoms. The summed E-state index contributed by atoms with van der Waals surface area (Å²) in [6, 6.07) is 3.08. The van der Waals surface area contributed by atoms with Crippen LogP contribution in [0.25, 0.3) is 0 Å². The first kappa shape index (κ1) is 20.6. The predicted octanol–water partition coefficient (Wildman–Crippen LogP) is 2.55. The summed E-state index contributed by atoms with van der Waals surface area (Å²) >= 11 is 0. The highest BCUT2D eigenvalue weighted by Gasteiger charge is 2.39. The van der Waals surface area contributed by atoms with Crippen molar-refractivity contribution >= 4 is 23.0 Å². The number of aromatic nitrogens is 1. The number of anilines is 3. The maximum Gasteiger partial charge on any atom is 0.275 e. The van der Waals surface area contributed by atoms with E-state index < -0.39 is 22.5 Å². The van der Waals surface area contributed by atoms with E-state index in [1.165, 1.54) is 31.3 Å². The van der Waals surface area contributed by atoms with Gasteiger partial charge in [0.15, 0.2) is 11.4 Å². The number of carbonyl (C=O) groups excluding carboxylic acids is 1. The van der Waals surface area contributed by atoms with Crippen LogP contribution in [0.5, 0.6) is 5.75 Å². The van der Waals surface area contributed by atoms with Crippen LogP contribution in [0.3, 0.4) is 0 Å². The van der Waals surface area contributed by atoms with Gasteiger partial charge in [0.05, 0.1) is 18.0 Å². The van der Waals surface area contributed by atoms with E-state index in [0.717, 1.165) is 24.2 Å². The van der Waals surface area contributed by atoms with Gasteiger partial charge in [0.25, 0.3) is 16.8 Å². The molecule has 1 aliphatic carbocycles. The Bertz CT molecular complexity index is 1230. The minimum Gasteiger partial charge on any atom is -0.504 e. The topological polar surface area (TPSA) is 125 Å². The molecule has 0 radical (unpaired) electrons. The molecule has 1 unspecified atom stereocenters. The average molecular weight is 424 g/mol. The number of nitrogens with zero attached hydrogens (tertiary/aromatic N) is 2. The van der Waals surface area contributed by atoms with Crippen LogP contribution in [0.2, 0.25) is 0 Å². The summed E-state index contributed by atoms with van der Waals surface area (Å²) in [5.74, 6) is -0.0140. The van der Waals surface area contributed by atoms with Gasteiger partial charge in [-0.1, -0.05) is 13.8 Å². The first-order valence-electron chi connectivity index (χ1n) is 9.94. The third-order valence-corrected chi connectivity index (χ3v) is 5.86. The molecular formula is C22H24N4O5. The van der Waals surface area contributed by atoms with Crippen molar-refractivity contribution < 1.29 is 14.3 Å². The molecule has 162 valence electrons. The first-order chi connectivity index (χ1) is 14.6. The highest BCUT2D eigenvalue weighted by Crippen LogP contribution is 2.46. The number of aromatic hydroxyl groups is 1. The molecule has 0 bridgehead atoms. The Morgan fingerprint density at radius 3 is 2.65 bits per heavy atom. The first-order valence-corrected chi connectivity index (χ1v) is 9.94. The van der Waals surface area contributed by atoms with Gasteiger partial charge in [0, 0.05) is 32.3 Å². The Morgan fingerprint density at radius 1 is 1.23 bits per heavy atom. The third-order valence-electron chi connectivity index (χ3n) is 5.86. The van der Waals surface area contributed by atoms with Crippen molar-refractivity contribution in [2.24, 2.45) is 5.41 Å². The molecule has 1 aliphatic rings. The van der Waals surface area contributed by atoms with Crippen LogP contribution < -0.4 is 21.5 Å². The van der Waals surface area contributed by atoms with Crippen LogP contribution >= 0.6 is 0 Å². The maximum atomic E-state index is 12.4. The molecule has 0 aliphatic heterocycles. The lowest BCUT2D eigenvalue weighted by Gasteiger charge is -2.39. The number of aryl methyl sites for hydroxylation is 1. The summed E-state index contributed by atoms with van der Waals surface area (Å²) in [4.78, 5) is 42.1. The third kappa shape index (κ3) is 3.35. The van der Waals surface area contributed by atoms with Crippen molar-refractivity contribution in [3.8, 4) is 5.75 Å². The predicted molar refractivity (Wildman–Crippen MR) is 116 cm³/mol.